The Labute approximate surface area is 82.7 Å². The van der Waals surface area contributed by atoms with Gasteiger partial charge in [-0.05, 0) is 5.92 Å². The van der Waals surface area contributed by atoms with Crippen molar-refractivity contribution in [2.75, 3.05) is 13.2 Å². The Morgan fingerprint density at radius 1 is 1.36 bits per heavy atom. The number of esters is 1. The molecule has 0 aliphatic heterocycles. The number of aliphatic hydroxyl groups excluding tert-OH is 1. The van der Waals surface area contributed by atoms with Crippen LogP contribution in [0.2, 0.25) is 0 Å². The van der Waals surface area contributed by atoms with E-state index < -0.39 is 24.5 Å². The van der Waals surface area contributed by atoms with Crippen LogP contribution in [0.4, 0.5) is 0 Å². The van der Waals surface area contributed by atoms with Crippen molar-refractivity contribution in [3.8, 4) is 0 Å². The molecule has 1 atom stereocenters. The lowest BCUT2D eigenvalue weighted by atomic mass is 10.1. The average Bonchev–Trinajstić information content (AvgIpc) is 2.10. The van der Waals surface area contributed by atoms with Gasteiger partial charge < -0.3 is 14.9 Å². The molecule has 0 bridgehead atoms. The molecule has 0 saturated carbocycles. The molecule has 0 aromatic carbocycles. The first-order valence-corrected chi connectivity index (χ1v) is 4.46. The molecule has 5 heteroatoms. The van der Waals surface area contributed by atoms with Gasteiger partial charge in [-0.25, -0.2) is 0 Å². The number of aliphatic carboxylic acids is 1. The Kier molecular flexibility index (Phi) is 5.87. The summed E-state index contributed by atoms with van der Waals surface area (Å²) >= 11 is 0. The monoisotopic (exact) mass is 204 g/mol. The van der Waals surface area contributed by atoms with Crippen molar-refractivity contribution in [1.29, 1.82) is 0 Å². The molecule has 14 heavy (non-hydrogen) atoms. The number of carbonyl (C=O) groups is 2. The Bertz CT molecular complexity index is 199. The second kappa shape index (κ2) is 6.37. The Morgan fingerprint density at radius 2 is 1.93 bits per heavy atom. The van der Waals surface area contributed by atoms with Crippen molar-refractivity contribution in [2.45, 2.75) is 20.3 Å². The smallest absolute Gasteiger partial charge is 0.309 e. The zero-order valence-corrected chi connectivity index (χ0v) is 8.40. The maximum Gasteiger partial charge on any atom is 0.309 e. The maximum absolute atomic E-state index is 11.0. The fourth-order valence-electron chi connectivity index (χ4n) is 0.750. The van der Waals surface area contributed by atoms with Gasteiger partial charge in [0.25, 0.3) is 0 Å². The number of rotatable bonds is 6. The van der Waals surface area contributed by atoms with Crippen LogP contribution in [-0.2, 0) is 14.3 Å². The Balaban J connectivity index is 3.85. The van der Waals surface area contributed by atoms with E-state index in [2.05, 4.69) is 0 Å². The van der Waals surface area contributed by atoms with Crippen LogP contribution >= 0.6 is 0 Å². The summed E-state index contributed by atoms with van der Waals surface area (Å²) in [6.07, 6.45) is -0.279. The van der Waals surface area contributed by atoms with Gasteiger partial charge in [0.2, 0.25) is 0 Å². The fourth-order valence-corrected chi connectivity index (χ4v) is 0.750. The van der Waals surface area contributed by atoms with E-state index >= 15 is 0 Å². The highest BCUT2D eigenvalue weighted by Crippen LogP contribution is 2.05. The van der Waals surface area contributed by atoms with E-state index in [4.69, 9.17) is 14.9 Å². The minimum Gasteiger partial charge on any atom is -0.481 e. The second-order valence-electron chi connectivity index (χ2n) is 3.50. The minimum absolute atomic E-state index is 0.219. The van der Waals surface area contributed by atoms with Gasteiger partial charge in [-0.1, -0.05) is 13.8 Å². The third kappa shape index (κ3) is 5.53. The van der Waals surface area contributed by atoms with Crippen LogP contribution in [0.25, 0.3) is 0 Å². The molecule has 0 rings (SSSR count). The number of ether oxygens (including phenoxy) is 1. The van der Waals surface area contributed by atoms with E-state index in [1.165, 1.54) is 0 Å². The molecule has 5 nitrogen and oxygen atoms in total. The summed E-state index contributed by atoms with van der Waals surface area (Å²) in [5.41, 5.74) is 0. The largest absolute Gasteiger partial charge is 0.481 e. The summed E-state index contributed by atoms with van der Waals surface area (Å²) < 4.78 is 4.77. The Morgan fingerprint density at radius 3 is 2.29 bits per heavy atom. The highest BCUT2D eigenvalue weighted by molar-refractivity contribution is 5.78. The van der Waals surface area contributed by atoms with Crippen LogP contribution in [0.3, 0.4) is 0 Å². The Hall–Kier alpha value is -1.10. The van der Waals surface area contributed by atoms with Crippen molar-refractivity contribution in [3.05, 3.63) is 0 Å². The molecular weight excluding hydrogens is 188 g/mol. The minimum atomic E-state index is -1.19. The van der Waals surface area contributed by atoms with Gasteiger partial charge in [-0.3, -0.25) is 9.59 Å². The van der Waals surface area contributed by atoms with Gasteiger partial charge in [0.05, 0.1) is 25.6 Å². The van der Waals surface area contributed by atoms with E-state index in [0.29, 0.717) is 0 Å². The summed E-state index contributed by atoms with van der Waals surface area (Å²) in [6, 6.07) is 0. The zero-order chi connectivity index (χ0) is 11.1. The maximum atomic E-state index is 11.0. The first-order valence-electron chi connectivity index (χ1n) is 4.46. The molecule has 0 heterocycles. The highest BCUT2D eigenvalue weighted by atomic mass is 16.5. The molecule has 0 aliphatic carbocycles. The quantitative estimate of drug-likeness (QED) is 0.607. The topological polar surface area (TPSA) is 83.8 Å². The normalized spacial score (nSPS) is 12.6. The zero-order valence-electron chi connectivity index (χ0n) is 8.40. The number of carboxylic acid groups (broad SMARTS) is 1. The second-order valence-corrected chi connectivity index (χ2v) is 3.50. The first-order chi connectivity index (χ1) is 6.47. The van der Waals surface area contributed by atoms with Crippen molar-refractivity contribution >= 4 is 11.9 Å². The first kappa shape index (κ1) is 12.9. The van der Waals surface area contributed by atoms with Crippen molar-refractivity contribution in [2.24, 2.45) is 11.8 Å². The summed E-state index contributed by atoms with van der Waals surface area (Å²) in [6.45, 7) is 3.49. The molecule has 2 N–H and O–H groups in total. The SMILES string of the molecule is CC(C)COC(=O)C[C@H](CO)C(=O)O. The summed E-state index contributed by atoms with van der Waals surface area (Å²) in [5.74, 6) is -2.61. The van der Waals surface area contributed by atoms with E-state index in [0.717, 1.165) is 0 Å². The third-order valence-corrected chi connectivity index (χ3v) is 1.56. The van der Waals surface area contributed by atoms with Gasteiger partial charge in [0.1, 0.15) is 0 Å². The van der Waals surface area contributed by atoms with Crippen LogP contribution in [0.15, 0.2) is 0 Å². The standard InChI is InChI=1S/C9H16O5/c1-6(2)5-14-8(11)3-7(4-10)9(12)13/h6-7,10H,3-5H2,1-2H3,(H,12,13)/t7-/m1/s1. The molecule has 0 aliphatic rings. The van der Waals surface area contributed by atoms with Crippen LogP contribution in [0.5, 0.6) is 0 Å². The lowest BCUT2D eigenvalue weighted by molar-refractivity contribution is -0.153. The van der Waals surface area contributed by atoms with Gasteiger partial charge in [0.15, 0.2) is 0 Å². The predicted octanol–water partition coefficient (Wildman–Crippen LogP) is 0.269. The van der Waals surface area contributed by atoms with E-state index in [-0.39, 0.29) is 18.9 Å². The molecule has 0 saturated heterocycles. The summed E-state index contributed by atoms with van der Waals surface area (Å²) in [5, 5.41) is 17.2. The molecule has 0 amide bonds. The molecule has 0 unspecified atom stereocenters. The molecular formula is C9H16O5. The van der Waals surface area contributed by atoms with Crippen LogP contribution in [0.1, 0.15) is 20.3 Å². The van der Waals surface area contributed by atoms with Gasteiger partial charge in [-0.2, -0.15) is 0 Å². The van der Waals surface area contributed by atoms with Gasteiger partial charge in [0, 0.05) is 0 Å². The average molecular weight is 204 g/mol. The van der Waals surface area contributed by atoms with Crippen LogP contribution < -0.4 is 0 Å². The predicted molar refractivity (Wildman–Crippen MR) is 48.6 cm³/mol. The summed E-state index contributed by atoms with van der Waals surface area (Å²) in [4.78, 5) is 21.5. The van der Waals surface area contributed by atoms with Crippen LogP contribution in [0, 0.1) is 11.8 Å². The number of carbonyl (C=O) groups excluding carboxylic acids is 1. The third-order valence-electron chi connectivity index (χ3n) is 1.56. The van der Waals surface area contributed by atoms with E-state index in [1.54, 1.807) is 0 Å². The van der Waals surface area contributed by atoms with E-state index in [1.807, 2.05) is 13.8 Å². The van der Waals surface area contributed by atoms with Crippen molar-refractivity contribution in [1.82, 2.24) is 0 Å². The van der Waals surface area contributed by atoms with Crippen LogP contribution in [-0.4, -0.2) is 35.4 Å². The fraction of sp³-hybridized carbons (Fsp3) is 0.778. The van der Waals surface area contributed by atoms with Crippen molar-refractivity contribution in [3.63, 3.8) is 0 Å². The van der Waals surface area contributed by atoms with Crippen molar-refractivity contribution < 1.29 is 24.5 Å². The number of aliphatic hydroxyl groups is 1. The molecule has 0 aromatic rings. The lowest BCUT2D eigenvalue weighted by Gasteiger charge is -2.10. The van der Waals surface area contributed by atoms with Gasteiger partial charge >= 0.3 is 11.9 Å². The van der Waals surface area contributed by atoms with Gasteiger partial charge in [-0.15, -0.1) is 0 Å². The number of hydrogen-bond acceptors (Lipinski definition) is 4. The molecule has 0 radical (unpaired) electrons. The number of carboxylic acids is 1. The molecule has 0 fully saturated rings. The highest BCUT2D eigenvalue weighted by Gasteiger charge is 2.21. The van der Waals surface area contributed by atoms with E-state index in [9.17, 15) is 9.59 Å². The molecule has 82 valence electrons. The molecule has 0 spiro atoms. The number of hydrogen-bond donors (Lipinski definition) is 2. The summed E-state index contributed by atoms with van der Waals surface area (Å²) in [7, 11) is 0. The lowest BCUT2D eigenvalue weighted by Crippen LogP contribution is -2.23. The molecule has 0 aromatic heterocycles.